The van der Waals surface area contributed by atoms with E-state index in [1.807, 2.05) is 0 Å². The van der Waals surface area contributed by atoms with Crippen LogP contribution in [0.3, 0.4) is 0 Å². The van der Waals surface area contributed by atoms with E-state index in [1.165, 1.54) is 0 Å². The van der Waals surface area contributed by atoms with E-state index in [0.717, 1.165) is 0 Å². The van der Waals surface area contributed by atoms with Crippen LogP contribution in [0.5, 0.6) is 0 Å². The Bertz CT molecular complexity index is 1310. The Hall–Kier alpha value is -3.74. The van der Waals surface area contributed by atoms with Crippen LogP contribution in [0, 0.1) is 0 Å². The summed E-state index contributed by atoms with van der Waals surface area (Å²) in [6.45, 7) is -3.90. The fourth-order valence-corrected chi connectivity index (χ4v) is 8.28. The summed E-state index contributed by atoms with van der Waals surface area (Å²) in [6, 6.07) is 32.6. The first-order valence-corrected chi connectivity index (χ1v) is 14.5. The first kappa shape index (κ1) is 24.9. The highest BCUT2D eigenvalue weighted by atomic mass is 31.2. The zero-order valence-corrected chi connectivity index (χ0v) is 21.1. The average molecular weight is 533 g/mol. The lowest BCUT2D eigenvalue weighted by atomic mass is 10.1. The fourth-order valence-electron chi connectivity index (χ4n) is 3.89. The van der Waals surface area contributed by atoms with Gasteiger partial charge in [0.15, 0.2) is 0 Å². The summed E-state index contributed by atoms with van der Waals surface area (Å²) in [4.78, 5) is 24.6. The third-order valence-electron chi connectivity index (χ3n) is 5.61. The van der Waals surface area contributed by atoms with Crippen molar-refractivity contribution < 1.29 is 36.9 Å². The molecule has 0 N–H and O–H groups in total. The maximum absolute atomic E-state index is 14.6. The summed E-state index contributed by atoms with van der Waals surface area (Å²) >= 11 is 0. The van der Waals surface area contributed by atoms with Gasteiger partial charge in [-0.3, -0.25) is 9.13 Å². The number of carbonyl (C=O) groups is 2. The Labute approximate surface area is 213 Å². The molecule has 0 saturated carbocycles. The van der Waals surface area contributed by atoms with Gasteiger partial charge in [-0.2, -0.15) is 0 Å². The average Bonchev–Trinajstić information content (AvgIpc) is 3.22. The van der Waals surface area contributed by atoms with Crippen molar-refractivity contribution in [3.8, 4) is 0 Å². The second kappa shape index (κ2) is 9.96. The van der Waals surface area contributed by atoms with E-state index in [2.05, 4.69) is 0 Å². The molecule has 0 bridgehead atoms. The molecular formula is C26H20BO8P2-. The molecule has 1 fully saturated rings. The van der Waals surface area contributed by atoms with Gasteiger partial charge in [0.2, 0.25) is 14.7 Å². The van der Waals surface area contributed by atoms with Gasteiger partial charge in [-0.25, -0.2) is 9.59 Å². The Kier molecular flexibility index (Phi) is 6.71. The maximum atomic E-state index is 14.6. The highest BCUT2D eigenvalue weighted by Gasteiger charge is 2.57. The molecule has 1 aliphatic rings. The van der Waals surface area contributed by atoms with Crippen LogP contribution in [0.25, 0.3) is 0 Å². The fraction of sp³-hybridized carbons (Fsp3) is 0. The van der Waals surface area contributed by atoms with Gasteiger partial charge in [-0.1, -0.05) is 72.8 Å². The third kappa shape index (κ3) is 4.82. The van der Waals surface area contributed by atoms with Crippen LogP contribution in [0.15, 0.2) is 121 Å². The van der Waals surface area contributed by atoms with Crippen molar-refractivity contribution in [2.45, 2.75) is 0 Å². The molecule has 5 rings (SSSR count). The van der Waals surface area contributed by atoms with Crippen molar-refractivity contribution in [1.29, 1.82) is 0 Å². The van der Waals surface area contributed by atoms with Crippen molar-refractivity contribution in [1.82, 2.24) is 0 Å². The monoisotopic (exact) mass is 533 g/mol. The Morgan fingerprint density at radius 3 is 0.946 bits per heavy atom. The molecule has 0 unspecified atom stereocenters. The molecular weight excluding hydrogens is 513 g/mol. The lowest BCUT2D eigenvalue weighted by Gasteiger charge is -2.39. The predicted octanol–water partition coefficient (Wildman–Crippen LogP) is 3.41. The van der Waals surface area contributed by atoms with Crippen molar-refractivity contribution in [3.05, 3.63) is 121 Å². The van der Waals surface area contributed by atoms with Gasteiger partial charge >= 0.3 is 18.9 Å². The smallest absolute Gasteiger partial charge is 0.599 e. The van der Waals surface area contributed by atoms with Gasteiger partial charge in [-0.15, -0.1) is 0 Å². The zero-order chi connectivity index (χ0) is 25.9. The highest BCUT2D eigenvalue weighted by Crippen LogP contribution is 2.54. The molecule has 1 heterocycles. The molecule has 0 aliphatic carbocycles. The molecule has 0 amide bonds. The summed E-state index contributed by atoms with van der Waals surface area (Å²) in [5, 5.41) is 0.886. The van der Waals surface area contributed by atoms with Crippen LogP contribution >= 0.6 is 14.7 Å². The molecule has 0 spiro atoms. The van der Waals surface area contributed by atoms with Gasteiger partial charge in [-0.05, 0) is 48.5 Å². The lowest BCUT2D eigenvalue weighted by Crippen LogP contribution is -2.47. The Balaban J connectivity index is 1.68. The number of hydrogen-bond acceptors (Lipinski definition) is 8. The number of rotatable bonds is 8. The van der Waals surface area contributed by atoms with Crippen molar-refractivity contribution in [2.24, 2.45) is 0 Å². The quantitative estimate of drug-likeness (QED) is 0.193. The molecule has 37 heavy (non-hydrogen) atoms. The predicted molar refractivity (Wildman–Crippen MR) is 140 cm³/mol. The molecule has 0 aromatic heterocycles. The molecule has 1 aliphatic heterocycles. The summed E-state index contributed by atoms with van der Waals surface area (Å²) in [7, 11) is -8.27. The number of hydrogen-bond donors (Lipinski definition) is 0. The van der Waals surface area contributed by atoms with E-state index >= 15 is 0 Å². The van der Waals surface area contributed by atoms with Gasteiger partial charge in [0.05, 0.1) is 0 Å². The Morgan fingerprint density at radius 2 is 0.703 bits per heavy atom. The normalized spacial score (nSPS) is 15.1. The molecule has 4 aromatic carbocycles. The third-order valence-corrected chi connectivity index (χ3v) is 10.6. The van der Waals surface area contributed by atoms with Crippen LogP contribution in [-0.2, 0) is 36.9 Å². The van der Waals surface area contributed by atoms with Gasteiger partial charge in [0.1, 0.15) is 0 Å². The number of benzene rings is 4. The maximum Gasteiger partial charge on any atom is 0.667 e. The van der Waals surface area contributed by atoms with Crippen LogP contribution in [-0.4, -0.2) is 18.9 Å². The standard InChI is InChI=1S/C26H20BO8P2/c28-25-26(29)33-27(32-25,34-36(30,21-13-5-1-6-14-21)22-15-7-2-8-16-22)35-37(31,23-17-9-3-10-18-23)24-19-11-4-12-20-24/h1-20H/q-1. The molecule has 11 heteroatoms. The second-order valence-corrected chi connectivity index (χ2v) is 12.7. The van der Waals surface area contributed by atoms with Crippen LogP contribution in [0.4, 0.5) is 0 Å². The van der Waals surface area contributed by atoms with E-state index in [0.29, 0.717) is 0 Å². The molecule has 0 radical (unpaired) electrons. The first-order chi connectivity index (χ1) is 17.8. The highest BCUT2D eigenvalue weighted by molar-refractivity contribution is 7.77. The van der Waals surface area contributed by atoms with E-state index in [-0.39, 0.29) is 21.2 Å². The van der Waals surface area contributed by atoms with E-state index in [9.17, 15) is 18.7 Å². The topological polar surface area (TPSA) is 105 Å². The van der Waals surface area contributed by atoms with E-state index in [1.54, 1.807) is 121 Å². The van der Waals surface area contributed by atoms with Gasteiger partial charge in [0, 0.05) is 21.2 Å². The Morgan fingerprint density at radius 1 is 0.459 bits per heavy atom. The minimum atomic E-state index is -4.13. The first-order valence-electron chi connectivity index (χ1n) is 11.3. The lowest BCUT2D eigenvalue weighted by molar-refractivity contribution is -0.150. The van der Waals surface area contributed by atoms with Crippen LogP contribution in [0.1, 0.15) is 0 Å². The van der Waals surface area contributed by atoms with Crippen molar-refractivity contribution in [3.63, 3.8) is 0 Å². The van der Waals surface area contributed by atoms with Crippen LogP contribution in [0.2, 0.25) is 0 Å². The zero-order valence-electron chi connectivity index (χ0n) is 19.3. The molecule has 8 nitrogen and oxygen atoms in total. The van der Waals surface area contributed by atoms with Gasteiger partial charge < -0.3 is 18.2 Å². The van der Waals surface area contributed by atoms with E-state index in [4.69, 9.17) is 18.2 Å². The SMILES string of the molecule is O=C1O[B-](OP(=O)(c2ccccc2)c2ccccc2)(OP(=O)(c2ccccc2)c2ccccc2)OC1=O. The van der Waals surface area contributed by atoms with E-state index < -0.39 is 33.6 Å². The minimum Gasteiger partial charge on any atom is -0.599 e. The van der Waals surface area contributed by atoms with Crippen molar-refractivity contribution >= 4 is 54.9 Å². The summed E-state index contributed by atoms with van der Waals surface area (Å²) in [5.41, 5.74) is 0. The summed E-state index contributed by atoms with van der Waals surface area (Å²) in [6.07, 6.45) is 0. The minimum absolute atomic E-state index is 0.222. The van der Waals surface area contributed by atoms with Gasteiger partial charge in [0.25, 0.3) is 0 Å². The summed E-state index contributed by atoms with van der Waals surface area (Å²) in [5.74, 6) is -2.83. The largest absolute Gasteiger partial charge is 0.667 e. The molecule has 4 aromatic rings. The van der Waals surface area contributed by atoms with Crippen molar-refractivity contribution in [2.75, 3.05) is 0 Å². The second-order valence-electron chi connectivity index (χ2n) is 8.04. The van der Waals surface area contributed by atoms with Crippen LogP contribution < -0.4 is 21.2 Å². The number of carbonyl (C=O) groups excluding carboxylic acids is 2. The molecule has 0 atom stereocenters. The molecule has 186 valence electrons. The molecule has 1 saturated heterocycles. The summed E-state index contributed by atoms with van der Waals surface area (Å²) < 4.78 is 51.5.